The number of ether oxygens (including phenoxy) is 1. The van der Waals surface area contributed by atoms with Gasteiger partial charge in [0.25, 0.3) is 5.91 Å². The molecule has 1 heterocycles. The number of carbonyl (C=O) groups excluding carboxylic acids is 1. The standard InChI is InChI=1S/C18H19FN2O4S2/c1-20-27(23,24)17-9-11(3-5-15(17)25-2)18(22)21-14-7-8-26-16-6-4-12(19)10-13(14)16/h3-6,9-10,14,20H,7-8H2,1-2H3,(H,21,22). The predicted molar refractivity (Wildman–Crippen MR) is 101 cm³/mol. The van der Waals surface area contributed by atoms with E-state index in [1.165, 1.54) is 44.5 Å². The lowest BCUT2D eigenvalue weighted by molar-refractivity contribution is 0.0934. The number of amides is 1. The third-order valence-corrected chi connectivity index (χ3v) is 6.86. The van der Waals surface area contributed by atoms with E-state index in [-0.39, 0.29) is 28.1 Å². The first kappa shape index (κ1) is 19.7. The monoisotopic (exact) mass is 410 g/mol. The molecule has 2 aromatic carbocycles. The first-order valence-electron chi connectivity index (χ1n) is 8.20. The van der Waals surface area contributed by atoms with Gasteiger partial charge in [-0.15, -0.1) is 11.8 Å². The van der Waals surface area contributed by atoms with Gasteiger partial charge in [-0.3, -0.25) is 4.79 Å². The number of nitrogens with one attached hydrogen (secondary N) is 2. The molecular weight excluding hydrogens is 391 g/mol. The predicted octanol–water partition coefficient (Wildman–Crippen LogP) is 2.71. The van der Waals surface area contributed by atoms with Crippen molar-refractivity contribution in [2.75, 3.05) is 19.9 Å². The van der Waals surface area contributed by atoms with Crippen molar-refractivity contribution in [2.45, 2.75) is 22.3 Å². The quantitative estimate of drug-likeness (QED) is 0.792. The number of methoxy groups -OCH3 is 1. The van der Waals surface area contributed by atoms with Gasteiger partial charge in [0.05, 0.1) is 13.2 Å². The second kappa shape index (κ2) is 7.87. The summed E-state index contributed by atoms with van der Waals surface area (Å²) in [6.45, 7) is 0. The second-order valence-corrected chi connectivity index (χ2v) is 8.91. The molecule has 6 nitrogen and oxygen atoms in total. The van der Waals surface area contributed by atoms with Gasteiger partial charge in [0.15, 0.2) is 0 Å². The van der Waals surface area contributed by atoms with Crippen molar-refractivity contribution in [2.24, 2.45) is 0 Å². The number of carbonyl (C=O) groups is 1. The topological polar surface area (TPSA) is 84.5 Å². The SMILES string of the molecule is CNS(=O)(=O)c1cc(C(=O)NC2CCSc3ccc(F)cc32)ccc1OC. The van der Waals surface area contributed by atoms with Crippen LogP contribution in [0.1, 0.15) is 28.4 Å². The van der Waals surface area contributed by atoms with Crippen molar-refractivity contribution >= 4 is 27.7 Å². The number of benzene rings is 2. The Morgan fingerprint density at radius 1 is 1.26 bits per heavy atom. The minimum absolute atomic E-state index is 0.120. The number of fused-ring (bicyclic) bond motifs is 1. The van der Waals surface area contributed by atoms with Crippen molar-refractivity contribution in [3.63, 3.8) is 0 Å². The fraction of sp³-hybridized carbons (Fsp3) is 0.278. The Morgan fingerprint density at radius 3 is 2.74 bits per heavy atom. The molecule has 0 saturated heterocycles. The summed E-state index contributed by atoms with van der Waals surface area (Å²) in [4.78, 5) is 13.5. The highest BCUT2D eigenvalue weighted by Gasteiger charge is 2.25. The summed E-state index contributed by atoms with van der Waals surface area (Å²) in [6.07, 6.45) is 0.657. The highest BCUT2D eigenvalue weighted by atomic mass is 32.2. The van der Waals surface area contributed by atoms with E-state index in [2.05, 4.69) is 10.0 Å². The van der Waals surface area contributed by atoms with Crippen LogP contribution in [0.3, 0.4) is 0 Å². The van der Waals surface area contributed by atoms with Gasteiger partial charge in [0, 0.05) is 16.2 Å². The van der Waals surface area contributed by atoms with Gasteiger partial charge in [-0.05, 0) is 55.4 Å². The van der Waals surface area contributed by atoms with E-state index >= 15 is 0 Å². The third kappa shape index (κ3) is 4.10. The maximum Gasteiger partial charge on any atom is 0.251 e. The van der Waals surface area contributed by atoms with E-state index in [0.717, 1.165) is 16.2 Å². The third-order valence-electron chi connectivity index (χ3n) is 4.30. The summed E-state index contributed by atoms with van der Waals surface area (Å²) >= 11 is 1.62. The molecule has 2 N–H and O–H groups in total. The van der Waals surface area contributed by atoms with E-state index in [9.17, 15) is 17.6 Å². The lowest BCUT2D eigenvalue weighted by atomic mass is 10.0. The zero-order chi connectivity index (χ0) is 19.6. The lowest BCUT2D eigenvalue weighted by Crippen LogP contribution is -2.31. The van der Waals surface area contributed by atoms with Crippen LogP contribution in [0, 0.1) is 5.82 Å². The first-order chi connectivity index (χ1) is 12.9. The van der Waals surface area contributed by atoms with E-state index in [1.54, 1.807) is 17.8 Å². The number of hydrogen-bond acceptors (Lipinski definition) is 5. The van der Waals surface area contributed by atoms with Gasteiger partial charge in [-0.1, -0.05) is 0 Å². The molecule has 0 radical (unpaired) electrons. The van der Waals surface area contributed by atoms with Crippen LogP contribution in [-0.4, -0.2) is 34.2 Å². The molecule has 0 saturated carbocycles. The Morgan fingerprint density at radius 2 is 2.04 bits per heavy atom. The van der Waals surface area contributed by atoms with E-state index in [4.69, 9.17) is 4.74 Å². The van der Waals surface area contributed by atoms with Gasteiger partial charge in [-0.25, -0.2) is 17.5 Å². The van der Waals surface area contributed by atoms with Crippen molar-refractivity contribution < 1.29 is 22.3 Å². The minimum Gasteiger partial charge on any atom is -0.495 e. The van der Waals surface area contributed by atoms with Gasteiger partial charge < -0.3 is 10.1 Å². The zero-order valence-electron chi connectivity index (χ0n) is 14.8. The van der Waals surface area contributed by atoms with Crippen molar-refractivity contribution in [3.05, 3.63) is 53.3 Å². The Hall–Kier alpha value is -2.10. The molecule has 0 aliphatic carbocycles. The largest absolute Gasteiger partial charge is 0.495 e. The Labute approximate surface area is 161 Å². The lowest BCUT2D eigenvalue weighted by Gasteiger charge is -2.26. The fourth-order valence-corrected chi connectivity index (χ4v) is 4.92. The van der Waals surface area contributed by atoms with Crippen LogP contribution < -0.4 is 14.8 Å². The zero-order valence-corrected chi connectivity index (χ0v) is 16.4. The molecule has 9 heteroatoms. The number of hydrogen-bond donors (Lipinski definition) is 2. The van der Waals surface area contributed by atoms with E-state index in [1.807, 2.05) is 0 Å². The molecule has 2 aromatic rings. The first-order valence-corrected chi connectivity index (χ1v) is 10.7. The number of thioether (sulfide) groups is 1. The molecule has 1 aliphatic heterocycles. The molecule has 27 heavy (non-hydrogen) atoms. The van der Waals surface area contributed by atoms with Crippen LogP contribution in [0.15, 0.2) is 46.2 Å². The molecule has 0 spiro atoms. The van der Waals surface area contributed by atoms with Crippen molar-refractivity contribution in [3.8, 4) is 5.75 Å². The Bertz CT molecular complexity index is 979. The maximum atomic E-state index is 13.6. The van der Waals surface area contributed by atoms with Gasteiger partial charge >= 0.3 is 0 Å². The van der Waals surface area contributed by atoms with Crippen molar-refractivity contribution in [1.29, 1.82) is 0 Å². The summed E-state index contributed by atoms with van der Waals surface area (Å²) in [5, 5.41) is 2.88. The molecule has 1 atom stereocenters. The molecule has 144 valence electrons. The van der Waals surface area contributed by atoms with Crippen LogP contribution in [0.25, 0.3) is 0 Å². The smallest absolute Gasteiger partial charge is 0.251 e. The molecule has 0 fully saturated rings. The average Bonchev–Trinajstić information content (AvgIpc) is 2.67. The van der Waals surface area contributed by atoms with Gasteiger partial charge in [0.1, 0.15) is 16.5 Å². The highest BCUT2D eigenvalue weighted by Crippen LogP contribution is 2.36. The van der Waals surface area contributed by atoms with E-state index < -0.39 is 15.9 Å². The summed E-state index contributed by atoms with van der Waals surface area (Å²) in [5.41, 5.74) is 0.914. The van der Waals surface area contributed by atoms with Crippen LogP contribution in [0.2, 0.25) is 0 Å². The molecule has 1 aliphatic rings. The fourth-order valence-electron chi connectivity index (χ4n) is 2.89. The van der Waals surface area contributed by atoms with E-state index in [0.29, 0.717) is 6.42 Å². The molecule has 3 rings (SSSR count). The van der Waals surface area contributed by atoms with Gasteiger partial charge in [0.2, 0.25) is 10.0 Å². The Kier molecular flexibility index (Phi) is 5.73. The molecule has 0 bridgehead atoms. The van der Waals surface area contributed by atoms with Crippen LogP contribution in [0.5, 0.6) is 5.75 Å². The summed E-state index contributed by atoms with van der Waals surface area (Å²) < 4.78 is 45.3. The van der Waals surface area contributed by atoms with Crippen LogP contribution in [-0.2, 0) is 10.0 Å². The number of rotatable bonds is 5. The average molecular weight is 410 g/mol. The normalized spacial score (nSPS) is 16.5. The summed E-state index contributed by atoms with van der Waals surface area (Å²) in [7, 11) is -1.15. The number of halogens is 1. The second-order valence-electron chi connectivity index (χ2n) is 5.92. The summed E-state index contributed by atoms with van der Waals surface area (Å²) in [5.74, 6) is 0.146. The molecular formula is C18H19FN2O4S2. The van der Waals surface area contributed by atoms with Crippen LogP contribution >= 0.6 is 11.8 Å². The molecule has 0 aromatic heterocycles. The van der Waals surface area contributed by atoms with Crippen LogP contribution in [0.4, 0.5) is 4.39 Å². The summed E-state index contributed by atoms with van der Waals surface area (Å²) in [6, 6.07) is 8.39. The number of sulfonamides is 1. The van der Waals surface area contributed by atoms with Gasteiger partial charge in [-0.2, -0.15) is 0 Å². The maximum absolute atomic E-state index is 13.6. The highest BCUT2D eigenvalue weighted by molar-refractivity contribution is 7.99. The Balaban J connectivity index is 1.90. The minimum atomic E-state index is -3.79. The molecule has 1 unspecified atom stereocenters. The molecule has 1 amide bonds. The van der Waals surface area contributed by atoms with Crippen molar-refractivity contribution in [1.82, 2.24) is 10.0 Å².